The lowest BCUT2D eigenvalue weighted by atomic mass is 10.4. The number of ether oxygens (including phenoxy) is 1. The molecule has 0 radical (unpaired) electrons. The van der Waals surface area contributed by atoms with E-state index >= 15 is 0 Å². The number of hydroxylamine groups is 1. The Balaban J connectivity index is 2.32. The molecule has 0 saturated heterocycles. The highest BCUT2D eigenvalue weighted by Crippen LogP contribution is 1.98. The summed E-state index contributed by atoms with van der Waals surface area (Å²) < 4.78 is 6.47. The molecule has 5 nitrogen and oxygen atoms in total. The van der Waals surface area contributed by atoms with Crippen LogP contribution in [0.15, 0.2) is 18.3 Å². The Morgan fingerprint density at radius 2 is 2.36 bits per heavy atom. The van der Waals surface area contributed by atoms with Gasteiger partial charge in [0.15, 0.2) is 0 Å². The zero-order valence-corrected chi connectivity index (χ0v) is 8.32. The molecule has 0 aliphatic rings. The Bertz CT molecular complexity index is 296. The molecule has 1 aromatic heterocycles. The molecule has 1 rings (SSSR count). The lowest BCUT2D eigenvalue weighted by molar-refractivity contribution is 0.00839. The second kappa shape index (κ2) is 5.41. The van der Waals surface area contributed by atoms with Gasteiger partial charge in [-0.25, -0.2) is 5.48 Å². The van der Waals surface area contributed by atoms with Crippen molar-refractivity contribution in [1.29, 1.82) is 0 Å². The first-order valence-corrected chi connectivity index (χ1v) is 4.28. The maximum Gasteiger partial charge on any atom is 0.291 e. The van der Waals surface area contributed by atoms with Gasteiger partial charge in [0.1, 0.15) is 5.69 Å². The fourth-order valence-corrected chi connectivity index (χ4v) is 0.991. The lowest BCUT2D eigenvalue weighted by Gasteiger charge is -2.05. The van der Waals surface area contributed by atoms with Crippen LogP contribution in [0.25, 0.3) is 0 Å². The number of nitrogens with zero attached hydrogens (tertiary/aromatic N) is 1. The summed E-state index contributed by atoms with van der Waals surface area (Å²) in [5.74, 6) is -0.256. The van der Waals surface area contributed by atoms with Crippen LogP contribution in [0.5, 0.6) is 0 Å². The Hall–Kier alpha value is -1.33. The largest absolute Gasteiger partial charge is 0.382 e. The summed E-state index contributed by atoms with van der Waals surface area (Å²) in [6.07, 6.45) is 1.80. The Kier molecular flexibility index (Phi) is 4.15. The monoisotopic (exact) mass is 198 g/mol. The molecule has 0 spiro atoms. The zero-order valence-electron chi connectivity index (χ0n) is 8.32. The first-order valence-electron chi connectivity index (χ1n) is 4.28. The van der Waals surface area contributed by atoms with Gasteiger partial charge in [-0.3, -0.25) is 9.63 Å². The van der Waals surface area contributed by atoms with Gasteiger partial charge in [0.25, 0.3) is 5.91 Å². The van der Waals surface area contributed by atoms with Crippen LogP contribution in [0.1, 0.15) is 10.5 Å². The molecule has 78 valence electrons. The summed E-state index contributed by atoms with van der Waals surface area (Å²) in [6, 6.07) is 3.51. The molecule has 1 heterocycles. The van der Waals surface area contributed by atoms with Gasteiger partial charge >= 0.3 is 0 Å². The predicted molar refractivity (Wildman–Crippen MR) is 50.7 cm³/mol. The Morgan fingerprint density at radius 1 is 1.57 bits per heavy atom. The van der Waals surface area contributed by atoms with E-state index in [9.17, 15) is 4.79 Å². The fourth-order valence-electron chi connectivity index (χ4n) is 0.991. The van der Waals surface area contributed by atoms with Gasteiger partial charge in [-0.2, -0.15) is 0 Å². The summed E-state index contributed by atoms with van der Waals surface area (Å²) in [7, 11) is 3.37. The van der Waals surface area contributed by atoms with Gasteiger partial charge in [0, 0.05) is 20.4 Å². The van der Waals surface area contributed by atoms with Crippen LogP contribution in [-0.2, 0) is 16.6 Å². The number of carbonyl (C=O) groups is 1. The van der Waals surface area contributed by atoms with Crippen molar-refractivity contribution in [3.05, 3.63) is 24.0 Å². The minimum Gasteiger partial charge on any atom is -0.382 e. The molecule has 1 N–H and O–H groups in total. The number of hydrogen-bond donors (Lipinski definition) is 1. The molecule has 0 saturated carbocycles. The quantitative estimate of drug-likeness (QED) is 0.548. The molecule has 1 aromatic rings. The molecular formula is C9H14N2O3. The van der Waals surface area contributed by atoms with Crippen molar-refractivity contribution in [3.63, 3.8) is 0 Å². The van der Waals surface area contributed by atoms with Crippen molar-refractivity contribution < 1.29 is 14.4 Å². The lowest BCUT2D eigenvalue weighted by Crippen LogP contribution is -2.26. The second-order valence-electron chi connectivity index (χ2n) is 2.78. The molecule has 5 heteroatoms. The molecule has 0 bridgehead atoms. The fraction of sp³-hybridized carbons (Fsp3) is 0.444. The van der Waals surface area contributed by atoms with E-state index in [1.165, 1.54) is 0 Å². The van der Waals surface area contributed by atoms with Crippen LogP contribution in [0.4, 0.5) is 0 Å². The van der Waals surface area contributed by atoms with Crippen LogP contribution < -0.4 is 5.48 Å². The summed E-state index contributed by atoms with van der Waals surface area (Å²) >= 11 is 0. The Labute approximate surface area is 82.6 Å². The average molecular weight is 198 g/mol. The molecule has 0 atom stereocenters. The standard InChI is InChI=1S/C9H14N2O3/c1-11-5-3-4-8(11)9(12)10-14-7-6-13-2/h3-5H,6-7H2,1-2H3,(H,10,12). The van der Waals surface area contributed by atoms with E-state index in [-0.39, 0.29) is 5.91 Å². The summed E-state index contributed by atoms with van der Waals surface area (Å²) in [5.41, 5.74) is 2.88. The van der Waals surface area contributed by atoms with E-state index in [1.807, 2.05) is 0 Å². The maximum atomic E-state index is 11.4. The highest BCUT2D eigenvalue weighted by atomic mass is 16.7. The topological polar surface area (TPSA) is 52.5 Å². The zero-order chi connectivity index (χ0) is 10.4. The number of aryl methyl sites for hydroxylation is 1. The highest BCUT2D eigenvalue weighted by Gasteiger charge is 2.07. The predicted octanol–water partition coefficient (Wildman–Crippen LogP) is 0.333. The van der Waals surface area contributed by atoms with Crippen LogP contribution in [-0.4, -0.2) is 30.8 Å². The molecular weight excluding hydrogens is 184 g/mol. The van der Waals surface area contributed by atoms with Gasteiger partial charge < -0.3 is 9.30 Å². The highest BCUT2D eigenvalue weighted by molar-refractivity contribution is 5.91. The van der Waals surface area contributed by atoms with Crippen molar-refractivity contribution in [1.82, 2.24) is 10.0 Å². The van der Waals surface area contributed by atoms with Crippen molar-refractivity contribution in [3.8, 4) is 0 Å². The summed E-state index contributed by atoms with van der Waals surface area (Å²) in [5, 5.41) is 0. The van der Waals surface area contributed by atoms with Crippen LogP contribution in [0.3, 0.4) is 0 Å². The molecule has 0 aliphatic heterocycles. The third kappa shape index (κ3) is 2.86. The SMILES string of the molecule is COCCONC(=O)c1cccn1C. The number of rotatable bonds is 5. The van der Waals surface area contributed by atoms with Gasteiger partial charge in [0.05, 0.1) is 13.2 Å². The molecule has 14 heavy (non-hydrogen) atoms. The molecule has 0 fully saturated rings. The van der Waals surface area contributed by atoms with Crippen LogP contribution in [0.2, 0.25) is 0 Å². The number of aromatic nitrogens is 1. The number of hydrogen-bond acceptors (Lipinski definition) is 3. The minimum absolute atomic E-state index is 0.256. The maximum absolute atomic E-state index is 11.4. The van der Waals surface area contributed by atoms with Crippen LogP contribution >= 0.6 is 0 Å². The number of methoxy groups -OCH3 is 1. The summed E-state index contributed by atoms with van der Waals surface area (Å²) in [4.78, 5) is 16.3. The van der Waals surface area contributed by atoms with Gasteiger partial charge in [0.2, 0.25) is 0 Å². The van der Waals surface area contributed by atoms with E-state index in [1.54, 1.807) is 37.1 Å². The van der Waals surface area contributed by atoms with Crippen molar-refractivity contribution in [2.75, 3.05) is 20.3 Å². The van der Waals surface area contributed by atoms with Gasteiger partial charge in [-0.15, -0.1) is 0 Å². The van der Waals surface area contributed by atoms with E-state index < -0.39 is 0 Å². The smallest absolute Gasteiger partial charge is 0.291 e. The third-order valence-electron chi connectivity index (χ3n) is 1.73. The van der Waals surface area contributed by atoms with E-state index in [2.05, 4.69) is 5.48 Å². The Morgan fingerprint density at radius 3 is 2.93 bits per heavy atom. The normalized spacial score (nSPS) is 10.1. The number of amides is 1. The van der Waals surface area contributed by atoms with Crippen LogP contribution in [0, 0.1) is 0 Å². The summed E-state index contributed by atoms with van der Waals surface area (Å²) in [6.45, 7) is 0.792. The van der Waals surface area contributed by atoms with E-state index in [0.29, 0.717) is 18.9 Å². The molecule has 0 aliphatic carbocycles. The minimum atomic E-state index is -0.256. The first-order chi connectivity index (χ1) is 6.75. The molecule has 1 amide bonds. The van der Waals surface area contributed by atoms with E-state index in [4.69, 9.17) is 9.57 Å². The van der Waals surface area contributed by atoms with E-state index in [0.717, 1.165) is 0 Å². The average Bonchev–Trinajstić information content (AvgIpc) is 2.59. The van der Waals surface area contributed by atoms with Gasteiger partial charge in [-0.1, -0.05) is 0 Å². The van der Waals surface area contributed by atoms with Crippen molar-refractivity contribution in [2.45, 2.75) is 0 Å². The molecule has 0 aromatic carbocycles. The number of nitrogens with one attached hydrogen (secondary N) is 1. The van der Waals surface area contributed by atoms with Crippen molar-refractivity contribution in [2.24, 2.45) is 7.05 Å². The third-order valence-corrected chi connectivity index (χ3v) is 1.73. The second-order valence-corrected chi connectivity index (χ2v) is 2.78. The number of carbonyl (C=O) groups excluding carboxylic acids is 1. The van der Waals surface area contributed by atoms with Crippen molar-refractivity contribution >= 4 is 5.91 Å². The molecule has 0 unspecified atom stereocenters. The first kappa shape index (κ1) is 10.7. The van der Waals surface area contributed by atoms with Gasteiger partial charge in [-0.05, 0) is 12.1 Å².